The van der Waals surface area contributed by atoms with E-state index in [0.717, 1.165) is 0 Å². The van der Waals surface area contributed by atoms with E-state index in [-0.39, 0.29) is 6.54 Å². The Labute approximate surface area is 164 Å². The zero-order valence-corrected chi connectivity index (χ0v) is 15.3. The first-order chi connectivity index (χ1) is 13.6. The molecule has 6 nitrogen and oxygen atoms in total. The maximum absolute atomic E-state index is 12.6. The van der Waals surface area contributed by atoms with Crippen LogP contribution in [0.4, 0.5) is 5.69 Å². The molecule has 0 atom stereocenters. The minimum atomic E-state index is -0.594. The van der Waals surface area contributed by atoms with Gasteiger partial charge in [0.05, 0.1) is 11.2 Å². The van der Waals surface area contributed by atoms with Crippen molar-refractivity contribution in [2.45, 2.75) is 6.54 Å². The van der Waals surface area contributed by atoms with Gasteiger partial charge >= 0.3 is 5.76 Å². The van der Waals surface area contributed by atoms with E-state index in [4.69, 9.17) is 20.8 Å². The Hall–Kier alpha value is -3.51. The molecule has 1 N–H and O–H groups in total. The predicted molar refractivity (Wildman–Crippen MR) is 107 cm³/mol. The Bertz CT molecular complexity index is 1200. The first-order valence-electron chi connectivity index (χ1n) is 8.51. The van der Waals surface area contributed by atoms with Gasteiger partial charge in [-0.2, -0.15) is 0 Å². The summed E-state index contributed by atoms with van der Waals surface area (Å²) in [6, 6.07) is 21.0. The van der Waals surface area contributed by atoms with Crippen LogP contribution in [0.15, 0.2) is 82.0 Å². The summed E-state index contributed by atoms with van der Waals surface area (Å²) >= 11 is 6.07. The van der Waals surface area contributed by atoms with Crippen molar-refractivity contribution in [1.82, 2.24) is 4.57 Å². The van der Waals surface area contributed by atoms with Gasteiger partial charge in [0, 0.05) is 5.02 Å². The Kier molecular flexibility index (Phi) is 4.87. The molecule has 0 aliphatic carbocycles. The highest BCUT2D eigenvalue weighted by atomic mass is 35.5. The second-order valence-corrected chi connectivity index (χ2v) is 6.46. The number of para-hydroxylation sites is 3. The van der Waals surface area contributed by atoms with Crippen molar-refractivity contribution in [2.24, 2.45) is 0 Å². The van der Waals surface area contributed by atoms with Crippen LogP contribution in [0.25, 0.3) is 11.1 Å². The molecule has 0 aliphatic rings. The van der Waals surface area contributed by atoms with Gasteiger partial charge in [-0.15, -0.1) is 0 Å². The Morgan fingerprint density at radius 3 is 2.61 bits per heavy atom. The van der Waals surface area contributed by atoms with E-state index < -0.39 is 11.7 Å². The van der Waals surface area contributed by atoms with Gasteiger partial charge in [0.1, 0.15) is 12.3 Å². The lowest BCUT2D eigenvalue weighted by molar-refractivity contribution is -0.116. The normalized spacial score (nSPS) is 10.8. The monoisotopic (exact) mass is 394 g/mol. The van der Waals surface area contributed by atoms with Crippen molar-refractivity contribution in [3.63, 3.8) is 0 Å². The number of hydrogen-bond acceptors (Lipinski definition) is 4. The Morgan fingerprint density at radius 1 is 1.04 bits per heavy atom. The van der Waals surface area contributed by atoms with Crippen LogP contribution in [-0.4, -0.2) is 10.5 Å². The van der Waals surface area contributed by atoms with Crippen LogP contribution in [0.5, 0.6) is 11.5 Å². The molecule has 0 saturated heterocycles. The molecule has 0 spiro atoms. The molecule has 1 heterocycles. The van der Waals surface area contributed by atoms with Crippen LogP contribution < -0.4 is 15.8 Å². The first kappa shape index (κ1) is 17.9. The standard InChI is InChI=1S/C21H15ClN2O4/c22-14-10-11-18(27-15-6-2-1-3-7-15)16(12-14)23-20(25)13-24-17-8-4-5-9-19(17)28-21(24)26/h1-12H,13H2,(H,23,25). The number of halogens is 1. The zero-order chi connectivity index (χ0) is 19.5. The van der Waals surface area contributed by atoms with Gasteiger partial charge in [0.15, 0.2) is 11.3 Å². The molecular weight excluding hydrogens is 380 g/mol. The Balaban J connectivity index is 1.58. The fourth-order valence-corrected chi connectivity index (χ4v) is 2.97. The number of carbonyl (C=O) groups is 1. The maximum Gasteiger partial charge on any atom is 0.420 e. The first-order valence-corrected chi connectivity index (χ1v) is 8.88. The van der Waals surface area contributed by atoms with Gasteiger partial charge in [-0.05, 0) is 42.5 Å². The summed E-state index contributed by atoms with van der Waals surface area (Å²) in [6.45, 7) is -0.201. The second kappa shape index (κ2) is 7.62. The smallest absolute Gasteiger partial charge is 0.420 e. The van der Waals surface area contributed by atoms with E-state index in [9.17, 15) is 9.59 Å². The molecule has 7 heteroatoms. The van der Waals surface area contributed by atoms with E-state index in [1.54, 1.807) is 54.6 Å². The number of rotatable bonds is 5. The summed E-state index contributed by atoms with van der Waals surface area (Å²) in [5.41, 5.74) is 1.38. The summed E-state index contributed by atoms with van der Waals surface area (Å²) < 4.78 is 12.3. The molecule has 0 aliphatic heterocycles. The van der Waals surface area contributed by atoms with Crippen LogP contribution in [0, 0.1) is 0 Å². The number of amides is 1. The Morgan fingerprint density at radius 2 is 1.79 bits per heavy atom. The van der Waals surface area contributed by atoms with Crippen LogP contribution in [0.1, 0.15) is 0 Å². The molecule has 1 aromatic heterocycles. The predicted octanol–water partition coefficient (Wildman–Crippen LogP) is 4.68. The fraction of sp³-hybridized carbons (Fsp3) is 0.0476. The molecule has 28 heavy (non-hydrogen) atoms. The van der Waals surface area contributed by atoms with Crippen molar-refractivity contribution in [3.05, 3.63) is 88.4 Å². The molecule has 1 amide bonds. The van der Waals surface area contributed by atoms with E-state index in [0.29, 0.717) is 33.3 Å². The molecule has 0 radical (unpaired) electrons. The minimum absolute atomic E-state index is 0.201. The number of oxazole rings is 1. The third-order valence-corrected chi connectivity index (χ3v) is 4.30. The average molecular weight is 395 g/mol. The molecule has 4 rings (SSSR count). The molecule has 0 saturated carbocycles. The number of anilines is 1. The summed E-state index contributed by atoms with van der Waals surface area (Å²) in [5, 5.41) is 3.20. The molecule has 0 unspecified atom stereocenters. The van der Waals surface area contributed by atoms with Gasteiger partial charge in [-0.25, -0.2) is 4.79 Å². The van der Waals surface area contributed by atoms with Crippen molar-refractivity contribution in [2.75, 3.05) is 5.32 Å². The third-order valence-electron chi connectivity index (χ3n) is 4.06. The lowest BCUT2D eigenvalue weighted by Gasteiger charge is -2.13. The minimum Gasteiger partial charge on any atom is -0.455 e. The largest absolute Gasteiger partial charge is 0.455 e. The number of nitrogens with zero attached hydrogens (tertiary/aromatic N) is 1. The fourth-order valence-electron chi connectivity index (χ4n) is 2.80. The summed E-state index contributed by atoms with van der Waals surface area (Å²) in [4.78, 5) is 24.6. The van der Waals surface area contributed by atoms with Crippen LogP contribution >= 0.6 is 11.6 Å². The number of aromatic nitrogens is 1. The molecule has 0 bridgehead atoms. The topological polar surface area (TPSA) is 73.5 Å². The lowest BCUT2D eigenvalue weighted by atomic mass is 10.2. The third kappa shape index (κ3) is 3.77. The second-order valence-electron chi connectivity index (χ2n) is 6.03. The van der Waals surface area contributed by atoms with E-state index in [1.807, 2.05) is 18.2 Å². The SMILES string of the molecule is O=C(Cn1c(=O)oc2ccccc21)Nc1cc(Cl)ccc1Oc1ccccc1. The molecular formula is C21H15ClN2O4. The maximum atomic E-state index is 12.6. The van der Waals surface area contributed by atoms with E-state index >= 15 is 0 Å². The number of fused-ring (bicyclic) bond motifs is 1. The number of ether oxygens (including phenoxy) is 1. The van der Waals surface area contributed by atoms with Crippen molar-refractivity contribution in [1.29, 1.82) is 0 Å². The summed E-state index contributed by atoms with van der Waals surface area (Å²) in [5.74, 6) is 0.0581. The zero-order valence-electron chi connectivity index (χ0n) is 14.6. The van der Waals surface area contributed by atoms with Crippen LogP contribution in [0.2, 0.25) is 5.02 Å². The molecule has 3 aromatic carbocycles. The number of nitrogens with one attached hydrogen (secondary N) is 1. The van der Waals surface area contributed by atoms with Gasteiger partial charge in [0.25, 0.3) is 0 Å². The summed E-state index contributed by atoms with van der Waals surface area (Å²) in [7, 11) is 0. The van der Waals surface area contributed by atoms with Crippen molar-refractivity contribution >= 4 is 34.3 Å². The van der Waals surface area contributed by atoms with E-state index in [2.05, 4.69) is 5.32 Å². The highest BCUT2D eigenvalue weighted by Crippen LogP contribution is 2.32. The average Bonchev–Trinajstić information content (AvgIpc) is 3.00. The molecule has 4 aromatic rings. The highest BCUT2D eigenvalue weighted by molar-refractivity contribution is 6.31. The quantitative estimate of drug-likeness (QED) is 0.533. The van der Waals surface area contributed by atoms with E-state index in [1.165, 1.54) is 4.57 Å². The van der Waals surface area contributed by atoms with Crippen LogP contribution in [-0.2, 0) is 11.3 Å². The lowest BCUT2D eigenvalue weighted by Crippen LogP contribution is -2.24. The number of hydrogen-bond donors (Lipinski definition) is 1. The van der Waals surface area contributed by atoms with Gasteiger partial charge in [0.2, 0.25) is 5.91 Å². The van der Waals surface area contributed by atoms with Gasteiger partial charge in [-0.1, -0.05) is 41.9 Å². The van der Waals surface area contributed by atoms with Crippen molar-refractivity contribution in [3.8, 4) is 11.5 Å². The molecule has 140 valence electrons. The molecule has 0 fully saturated rings. The van der Waals surface area contributed by atoms with Gasteiger partial charge < -0.3 is 14.5 Å². The van der Waals surface area contributed by atoms with Crippen molar-refractivity contribution < 1.29 is 13.9 Å². The van der Waals surface area contributed by atoms with Gasteiger partial charge in [-0.3, -0.25) is 9.36 Å². The number of benzene rings is 3. The summed E-state index contributed by atoms with van der Waals surface area (Å²) in [6.07, 6.45) is 0. The highest BCUT2D eigenvalue weighted by Gasteiger charge is 2.15. The number of carbonyl (C=O) groups excluding carboxylic acids is 1. The van der Waals surface area contributed by atoms with Crippen LogP contribution in [0.3, 0.4) is 0 Å².